The highest BCUT2D eigenvalue weighted by Gasteiger charge is 2.46. The number of unbranched alkanes of at least 4 members (excludes halogenated alkanes) is 16. The molecule has 0 amide bonds. The van der Waals surface area contributed by atoms with Gasteiger partial charge in [-0.1, -0.05) is 276 Å². The molecule has 1 aliphatic rings. The number of hydrogen-bond acceptors (Lipinski definition) is 8. The number of carbonyl (C=O) groups excluding carboxylic acids is 2. The SMILES string of the molecule is C.CC(C)[Si](OCCCCCCCCCCCOc1cc(OCCCCCCCCCCCO[Si](C(C)C)(C(C)C)C(C)C)cc(C(OC(=O)CCC(=O)OCC2c3ccccc3-c3ccccc32)(c2ccc(Cl)cc2)c2ccc(Cl)cc2)c1)(C(C)C)C(C)C. The van der Waals surface area contributed by atoms with Gasteiger partial charge >= 0.3 is 11.9 Å². The molecule has 0 atom stereocenters. The number of carbonyl (C=O) groups is 2. The van der Waals surface area contributed by atoms with Gasteiger partial charge in [0.2, 0.25) is 0 Å². The third kappa shape index (κ3) is 21.0. The number of rotatable bonds is 43. The molecule has 0 N–H and O–H groups in total. The first kappa shape index (κ1) is 76.3. The number of fused-ring (bicyclic) bond motifs is 3. The lowest BCUT2D eigenvalue weighted by Crippen LogP contribution is -2.47. The van der Waals surface area contributed by atoms with Crippen molar-refractivity contribution < 1.29 is 37.4 Å². The smallest absolute Gasteiger partial charge is 0.307 e. The van der Waals surface area contributed by atoms with Crippen molar-refractivity contribution in [1.82, 2.24) is 0 Å². The first-order valence-corrected chi connectivity index (χ1v) is 39.6. The molecule has 8 nitrogen and oxygen atoms in total. The highest BCUT2D eigenvalue weighted by molar-refractivity contribution is 6.78. The topological polar surface area (TPSA) is 89.5 Å². The lowest BCUT2D eigenvalue weighted by molar-refractivity contribution is -0.157. The Kier molecular flexibility index (Phi) is 32.8. The average molecular weight is 1310 g/mol. The predicted molar refractivity (Wildman–Crippen MR) is 384 cm³/mol. The Bertz CT molecular complexity index is 2660. The molecule has 0 bridgehead atoms. The molecule has 0 aromatic heterocycles. The Morgan fingerprint density at radius 1 is 0.411 bits per heavy atom. The van der Waals surface area contributed by atoms with Crippen molar-refractivity contribution in [1.29, 1.82) is 0 Å². The minimum absolute atomic E-state index is 0. The van der Waals surface area contributed by atoms with Crippen LogP contribution >= 0.6 is 23.2 Å². The van der Waals surface area contributed by atoms with Crippen molar-refractivity contribution in [2.24, 2.45) is 0 Å². The Morgan fingerprint density at radius 3 is 1.09 bits per heavy atom. The fourth-order valence-corrected chi connectivity index (χ4v) is 26.1. The van der Waals surface area contributed by atoms with Crippen LogP contribution in [0.2, 0.25) is 43.3 Å². The summed E-state index contributed by atoms with van der Waals surface area (Å²) in [7, 11) is -3.61. The molecule has 0 fully saturated rings. The minimum Gasteiger partial charge on any atom is -0.493 e. The molecule has 0 saturated heterocycles. The van der Waals surface area contributed by atoms with E-state index in [1.165, 1.54) is 64.2 Å². The van der Waals surface area contributed by atoms with E-state index < -0.39 is 34.2 Å². The van der Waals surface area contributed by atoms with Crippen molar-refractivity contribution in [2.45, 2.75) is 264 Å². The normalized spacial score (nSPS) is 12.8. The van der Waals surface area contributed by atoms with E-state index in [9.17, 15) is 9.59 Å². The van der Waals surface area contributed by atoms with E-state index >= 15 is 0 Å². The van der Waals surface area contributed by atoms with Crippen LogP contribution in [-0.4, -0.2) is 61.6 Å². The van der Waals surface area contributed by atoms with Gasteiger partial charge in [0, 0.05) is 51.9 Å². The van der Waals surface area contributed by atoms with Crippen molar-refractivity contribution in [2.75, 3.05) is 33.0 Å². The molecule has 1 aliphatic carbocycles. The molecule has 0 heterocycles. The second kappa shape index (κ2) is 38.7. The summed E-state index contributed by atoms with van der Waals surface area (Å²) in [4.78, 5) is 28.2. The first-order valence-electron chi connectivity index (χ1n) is 34.5. The van der Waals surface area contributed by atoms with Crippen LogP contribution in [0.15, 0.2) is 115 Å². The first-order chi connectivity index (χ1) is 42.8. The Morgan fingerprint density at radius 2 is 0.733 bits per heavy atom. The summed E-state index contributed by atoms with van der Waals surface area (Å²) >= 11 is 13.2. The average Bonchev–Trinajstić information content (AvgIpc) is 0.819. The molecule has 90 heavy (non-hydrogen) atoms. The van der Waals surface area contributed by atoms with Gasteiger partial charge in [-0.25, -0.2) is 0 Å². The van der Waals surface area contributed by atoms with E-state index in [1.54, 1.807) is 24.3 Å². The van der Waals surface area contributed by atoms with Gasteiger partial charge in [-0.05, 0) is 118 Å². The van der Waals surface area contributed by atoms with Crippen LogP contribution in [0.4, 0.5) is 0 Å². The Labute approximate surface area is 558 Å². The molecule has 0 unspecified atom stereocenters. The zero-order valence-electron chi connectivity index (χ0n) is 56.7. The molecular weight excluding hydrogens is 1190 g/mol. The number of hydrogen-bond donors (Lipinski definition) is 0. The van der Waals surface area contributed by atoms with Crippen LogP contribution in [0, 0.1) is 0 Å². The Balaban J connectivity index is 0.0000147. The molecule has 0 spiro atoms. The molecule has 0 saturated carbocycles. The fourth-order valence-electron chi connectivity index (χ4n) is 14.9. The molecular formula is C78H116Cl2O8Si2. The van der Waals surface area contributed by atoms with Crippen molar-refractivity contribution in [3.8, 4) is 22.6 Å². The van der Waals surface area contributed by atoms with Crippen LogP contribution in [0.5, 0.6) is 11.5 Å². The van der Waals surface area contributed by atoms with E-state index in [1.807, 2.05) is 66.7 Å². The predicted octanol–water partition coefficient (Wildman–Crippen LogP) is 23.8. The van der Waals surface area contributed by atoms with E-state index in [0.717, 1.165) is 86.8 Å². The van der Waals surface area contributed by atoms with Gasteiger partial charge in [-0.3, -0.25) is 9.59 Å². The molecule has 498 valence electrons. The van der Waals surface area contributed by atoms with Crippen LogP contribution in [0.1, 0.15) is 253 Å². The Hall–Kier alpha value is -4.43. The van der Waals surface area contributed by atoms with E-state index in [-0.39, 0.29) is 32.8 Å². The van der Waals surface area contributed by atoms with Gasteiger partial charge in [-0.2, -0.15) is 0 Å². The largest absolute Gasteiger partial charge is 0.493 e. The van der Waals surface area contributed by atoms with Gasteiger partial charge in [0.15, 0.2) is 22.2 Å². The summed E-state index contributed by atoms with van der Waals surface area (Å²) in [6.07, 6.45) is 20.5. The lowest BCUT2D eigenvalue weighted by atomic mass is 9.79. The quantitative estimate of drug-likeness (QED) is 0.0165. The third-order valence-corrected chi connectivity index (χ3v) is 31.9. The summed E-state index contributed by atoms with van der Waals surface area (Å²) < 4.78 is 39.8. The maximum Gasteiger partial charge on any atom is 0.307 e. The number of halogens is 2. The molecule has 6 rings (SSSR count). The summed E-state index contributed by atoms with van der Waals surface area (Å²) in [5, 5.41) is 1.07. The van der Waals surface area contributed by atoms with Gasteiger partial charge in [0.1, 0.15) is 18.1 Å². The van der Waals surface area contributed by atoms with Crippen molar-refractivity contribution in [3.63, 3.8) is 0 Å². The van der Waals surface area contributed by atoms with Crippen LogP contribution in [0.3, 0.4) is 0 Å². The minimum atomic E-state index is -1.81. The second-order valence-corrected chi connectivity index (χ2v) is 39.0. The highest BCUT2D eigenvalue weighted by Crippen LogP contribution is 2.48. The fraction of sp³-hybridized carbons (Fsp3) is 0.590. The van der Waals surface area contributed by atoms with Crippen LogP contribution in [0.25, 0.3) is 11.1 Å². The lowest BCUT2D eigenvalue weighted by Gasteiger charge is -2.42. The van der Waals surface area contributed by atoms with Gasteiger partial charge in [-0.15, -0.1) is 0 Å². The zero-order valence-corrected chi connectivity index (χ0v) is 60.2. The van der Waals surface area contributed by atoms with Crippen molar-refractivity contribution in [3.05, 3.63) is 153 Å². The van der Waals surface area contributed by atoms with Crippen LogP contribution < -0.4 is 9.47 Å². The molecule has 5 aromatic rings. The third-order valence-electron chi connectivity index (χ3n) is 19.2. The summed E-state index contributed by atoms with van der Waals surface area (Å²) in [6.45, 7) is 31.4. The summed E-state index contributed by atoms with van der Waals surface area (Å²) in [6, 6.07) is 37.1. The molecule has 5 aromatic carbocycles. The van der Waals surface area contributed by atoms with Crippen LogP contribution in [-0.2, 0) is 33.5 Å². The molecule has 12 heteroatoms. The van der Waals surface area contributed by atoms with Gasteiger partial charge in [0.05, 0.1) is 26.1 Å². The zero-order chi connectivity index (χ0) is 64.4. The maximum absolute atomic E-state index is 14.6. The summed E-state index contributed by atoms with van der Waals surface area (Å²) in [5.41, 5.74) is 8.67. The van der Waals surface area contributed by atoms with E-state index in [4.69, 9.17) is 51.0 Å². The van der Waals surface area contributed by atoms with E-state index in [0.29, 0.717) is 84.7 Å². The number of benzene rings is 5. The van der Waals surface area contributed by atoms with Gasteiger partial charge in [0.25, 0.3) is 0 Å². The standard InChI is InChI=1S/C77H112Cl2O8Si2.CH4/c1-57(2)88(58(3)4,59(5)6)85-51-33-25-21-17-13-15-19-23-31-49-82-68-53-65(54-69(55-68)83-50-32-24-20-16-14-18-22-26-34-52-86-89(60(7)8,61(9)10)62(11)12)77(63-39-43-66(78)44-40-63,64-41-45-67(79)46-42-64)87-76(81)48-47-75(80)84-56-74-72-37-29-27-35-70(72)71-36-28-30-38-73(71)74;/h27-30,35-46,53-55,57-62,74H,13-26,31-34,47-52,56H2,1-12H3;1H4. The highest BCUT2D eigenvalue weighted by atomic mass is 35.5. The monoisotopic (exact) mass is 1310 g/mol. The van der Waals surface area contributed by atoms with Gasteiger partial charge < -0.3 is 27.8 Å². The molecule has 0 radical (unpaired) electrons. The molecule has 0 aliphatic heterocycles. The summed E-state index contributed by atoms with van der Waals surface area (Å²) in [5.74, 6) is 0.0806. The van der Waals surface area contributed by atoms with E-state index in [2.05, 4.69) is 107 Å². The number of ether oxygens (including phenoxy) is 4. The second-order valence-electron chi connectivity index (χ2n) is 27.2. The number of esters is 2. The van der Waals surface area contributed by atoms with Crippen molar-refractivity contribution >= 4 is 51.8 Å². The maximum atomic E-state index is 14.6.